The van der Waals surface area contributed by atoms with Crippen LogP contribution in [0.3, 0.4) is 0 Å². The molecule has 0 radical (unpaired) electrons. The van der Waals surface area contributed by atoms with Crippen molar-refractivity contribution in [2.45, 2.75) is 20.4 Å². The Labute approximate surface area is 122 Å². The Kier molecular flexibility index (Phi) is 4.46. The fraction of sp³-hybridized carbons (Fsp3) is 0.462. The normalized spacial score (nSPS) is 10.5. The molecule has 2 heterocycles. The van der Waals surface area contributed by atoms with Crippen molar-refractivity contribution < 1.29 is 14.2 Å². The summed E-state index contributed by atoms with van der Waals surface area (Å²) in [7, 11) is 3.04. The highest BCUT2D eigenvalue weighted by Crippen LogP contribution is 2.19. The molecule has 21 heavy (non-hydrogen) atoms. The average Bonchev–Trinajstić information content (AvgIpc) is 2.74. The zero-order valence-corrected chi connectivity index (χ0v) is 12.6. The van der Waals surface area contributed by atoms with E-state index in [2.05, 4.69) is 15.1 Å². The molecule has 0 saturated carbocycles. The van der Waals surface area contributed by atoms with Gasteiger partial charge in [0.1, 0.15) is 6.61 Å². The van der Waals surface area contributed by atoms with Crippen LogP contribution in [-0.2, 0) is 6.54 Å². The fourth-order valence-corrected chi connectivity index (χ4v) is 1.81. The van der Waals surface area contributed by atoms with Gasteiger partial charge in [0.25, 0.3) is 0 Å². The zero-order chi connectivity index (χ0) is 15.4. The van der Waals surface area contributed by atoms with Crippen molar-refractivity contribution in [3.63, 3.8) is 0 Å². The van der Waals surface area contributed by atoms with E-state index in [1.807, 2.05) is 13.8 Å². The van der Waals surface area contributed by atoms with Crippen LogP contribution in [0.25, 0.3) is 0 Å². The molecule has 8 heteroatoms. The molecule has 8 nitrogen and oxygen atoms in total. The van der Waals surface area contributed by atoms with Crippen LogP contribution in [-0.4, -0.2) is 40.6 Å². The van der Waals surface area contributed by atoms with Crippen molar-refractivity contribution >= 4 is 5.69 Å². The molecule has 0 aromatic carbocycles. The number of hydrogen-bond acceptors (Lipinski definition) is 7. The Morgan fingerprint density at radius 1 is 1.14 bits per heavy atom. The van der Waals surface area contributed by atoms with E-state index in [0.29, 0.717) is 30.6 Å². The number of aromatic nitrogens is 4. The van der Waals surface area contributed by atoms with Crippen molar-refractivity contribution in [3.8, 4) is 17.8 Å². The highest BCUT2D eigenvalue weighted by atomic mass is 16.5. The second-order valence-corrected chi connectivity index (χ2v) is 4.39. The Morgan fingerprint density at radius 2 is 1.76 bits per heavy atom. The van der Waals surface area contributed by atoms with Crippen LogP contribution >= 0.6 is 0 Å². The molecule has 2 aromatic heterocycles. The maximum Gasteiger partial charge on any atom is 0.323 e. The molecule has 0 aliphatic rings. The number of ether oxygens (including phenoxy) is 3. The Morgan fingerprint density at radius 3 is 2.24 bits per heavy atom. The first-order valence-electron chi connectivity index (χ1n) is 6.44. The van der Waals surface area contributed by atoms with Crippen LogP contribution in [0.15, 0.2) is 6.07 Å². The van der Waals surface area contributed by atoms with Crippen LogP contribution in [0.1, 0.15) is 11.4 Å². The molecule has 0 aliphatic heterocycles. The van der Waals surface area contributed by atoms with Crippen LogP contribution in [0, 0.1) is 13.8 Å². The molecular weight excluding hydrogens is 274 g/mol. The summed E-state index contributed by atoms with van der Waals surface area (Å²) in [5, 5.41) is 4.33. The second kappa shape index (κ2) is 6.29. The summed E-state index contributed by atoms with van der Waals surface area (Å²) in [6, 6.07) is 1.77. The largest absolute Gasteiger partial charge is 0.481 e. The lowest BCUT2D eigenvalue weighted by atomic mass is 10.3. The van der Waals surface area contributed by atoms with E-state index < -0.39 is 0 Å². The first kappa shape index (κ1) is 14.9. The summed E-state index contributed by atoms with van der Waals surface area (Å²) in [6.07, 6.45) is 0. The smallest absolute Gasteiger partial charge is 0.323 e. The number of hydrogen-bond donors (Lipinski definition) is 1. The monoisotopic (exact) mass is 293 g/mol. The number of nitrogen functional groups attached to an aromatic ring is 1. The van der Waals surface area contributed by atoms with Crippen LogP contribution in [0.5, 0.6) is 17.8 Å². The van der Waals surface area contributed by atoms with E-state index >= 15 is 0 Å². The van der Waals surface area contributed by atoms with E-state index in [9.17, 15) is 0 Å². The van der Waals surface area contributed by atoms with Crippen molar-refractivity contribution in [1.29, 1.82) is 0 Å². The van der Waals surface area contributed by atoms with Gasteiger partial charge in [-0.15, -0.1) is 0 Å². The highest BCUT2D eigenvalue weighted by Gasteiger charge is 2.09. The van der Waals surface area contributed by atoms with Gasteiger partial charge in [-0.25, -0.2) is 0 Å². The number of nitrogens with zero attached hydrogens (tertiary/aromatic N) is 4. The quantitative estimate of drug-likeness (QED) is 0.847. The van der Waals surface area contributed by atoms with Gasteiger partial charge in [-0.3, -0.25) is 4.68 Å². The van der Waals surface area contributed by atoms with Crippen molar-refractivity contribution in [3.05, 3.63) is 17.5 Å². The number of nitrogens with two attached hydrogens (primary N) is 1. The number of anilines is 1. The summed E-state index contributed by atoms with van der Waals surface area (Å²) < 4.78 is 17.4. The molecule has 0 amide bonds. The summed E-state index contributed by atoms with van der Waals surface area (Å²) in [6.45, 7) is 4.70. The lowest BCUT2D eigenvalue weighted by Gasteiger charge is -2.08. The summed E-state index contributed by atoms with van der Waals surface area (Å²) in [4.78, 5) is 8.17. The lowest BCUT2D eigenvalue weighted by molar-refractivity contribution is 0.257. The third-order valence-corrected chi connectivity index (χ3v) is 3.05. The highest BCUT2D eigenvalue weighted by molar-refractivity contribution is 5.46. The zero-order valence-electron chi connectivity index (χ0n) is 12.6. The minimum Gasteiger partial charge on any atom is -0.481 e. The molecule has 0 saturated heterocycles. The van der Waals surface area contributed by atoms with Gasteiger partial charge in [0.15, 0.2) is 0 Å². The van der Waals surface area contributed by atoms with Crippen LogP contribution in [0.2, 0.25) is 0 Å². The predicted octanol–water partition coefficient (Wildman–Crippen LogP) is 0.968. The van der Waals surface area contributed by atoms with E-state index in [4.69, 9.17) is 19.9 Å². The Hall–Kier alpha value is -2.51. The molecule has 0 spiro atoms. The molecule has 2 rings (SSSR count). The number of aryl methyl sites for hydroxylation is 1. The van der Waals surface area contributed by atoms with E-state index in [1.165, 1.54) is 14.2 Å². The fourth-order valence-electron chi connectivity index (χ4n) is 1.81. The van der Waals surface area contributed by atoms with Gasteiger partial charge < -0.3 is 19.9 Å². The minimum atomic E-state index is 0.195. The summed E-state index contributed by atoms with van der Waals surface area (Å²) in [5.74, 6) is 0.763. The SMILES string of the molecule is COc1cc(OC)nc(OCCn2nc(C)c(N)c2C)n1. The molecule has 0 bridgehead atoms. The third kappa shape index (κ3) is 3.33. The molecule has 2 N–H and O–H groups in total. The lowest BCUT2D eigenvalue weighted by Crippen LogP contribution is -2.12. The first-order valence-corrected chi connectivity index (χ1v) is 6.44. The first-order chi connectivity index (χ1) is 10.0. The molecule has 0 unspecified atom stereocenters. The molecule has 0 aliphatic carbocycles. The van der Waals surface area contributed by atoms with Crippen LogP contribution in [0.4, 0.5) is 5.69 Å². The maximum atomic E-state index is 5.88. The number of rotatable bonds is 6. The van der Waals surface area contributed by atoms with E-state index in [1.54, 1.807) is 10.7 Å². The van der Waals surface area contributed by atoms with Gasteiger partial charge in [-0.05, 0) is 13.8 Å². The maximum absolute atomic E-state index is 5.88. The van der Waals surface area contributed by atoms with E-state index in [-0.39, 0.29) is 6.01 Å². The molecule has 0 atom stereocenters. The van der Waals surface area contributed by atoms with Gasteiger partial charge in [0.2, 0.25) is 11.8 Å². The summed E-state index contributed by atoms with van der Waals surface area (Å²) in [5.41, 5.74) is 8.31. The van der Waals surface area contributed by atoms with Gasteiger partial charge in [-0.1, -0.05) is 0 Å². The number of methoxy groups -OCH3 is 2. The molecule has 0 fully saturated rings. The Balaban J connectivity index is 2.01. The van der Waals surface area contributed by atoms with Crippen molar-refractivity contribution in [2.75, 3.05) is 26.6 Å². The van der Waals surface area contributed by atoms with Crippen molar-refractivity contribution in [2.24, 2.45) is 0 Å². The Bertz CT molecular complexity index is 604. The standard InChI is InChI=1S/C13H19N5O3/c1-8-12(14)9(2)18(17-8)5-6-21-13-15-10(19-3)7-11(16-13)20-4/h7H,5-6,14H2,1-4H3. The van der Waals surface area contributed by atoms with Gasteiger partial charge in [0, 0.05) is 0 Å². The predicted molar refractivity (Wildman–Crippen MR) is 76.7 cm³/mol. The minimum absolute atomic E-state index is 0.195. The molecule has 114 valence electrons. The van der Waals surface area contributed by atoms with Crippen LogP contribution < -0.4 is 19.9 Å². The second-order valence-electron chi connectivity index (χ2n) is 4.39. The van der Waals surface area contributed by atoms with Crippen molar-refractivity contribution in [1.82, 2.24) is 19.7 Å². The molecular formula is C13H19N5O3. The van der Waals surface area contributed by atoms with Gasteiger partial charge >= 0.3 is 6.01 Å². The van der Waals surface area contributed by atoms with Gasteiger partial charge in [0.05, 0.1) is 43.9 Å². The third-order valence-electron chi connectivity index (χ3n) is 3.05. The topological polar surface area (TPSA) is 97.3 Å². The van der Waals surface area contributed by atoms with Gasteiger partial charge in [-0.2, -0.15) is 15.1 Å². The molecule has 2 aromatic rings. The van der Waals surface area contributed by atoms with E-state index in [0.717, 1.165) is 11.4 Å². The average molecular weight is 293 g/mol. The summed E-state index contributed by atoms with van der Waals surface area (Å²) >= 11 is 0.